The summed E-state index contributed by atoms with van der Waals surface area (Å²) in [7, 11) is 1.14. The lowest BCUT2D eigenvalue weighted by Crippen LogP contribution is -2.65. The molecule has 0 N–H and O–H groups in total. The smallest absolute Gasteiger partial charge is 0.352 e. The van der Waals surface area contributed by atoms with Gasteiger partial charge in [0.15, 0.2) is 7.11 Å². The van der Waals surface area contributed by atoms with Crippen LogP contribution in [0.15, 0.2) is 12.1 Å². The molecule has 2 aliphatic rings. The van der Waals surface area contributed by atoms with E-state index in [-0.39, 0.29) is 17.2 Å². The maximum Gasteiger partial charge on any atom is 0.352 e. The number of hydrogen-bond donors (Lipinski definition) is 0. The molecule has 2 aliphatic heterocycles. The predicted molar refractivity (Wildman–Crippen MR) is 66.2 cm³/mol. The third kappa shape index (κ3) is 2.44. The lowest BCUT2D eigenvalue weighted by atomic mass is 9.89. The minimum absolute atomic E-state index is 0.0878. The molecule has 1 aromatic rings. The van der Waals surface area contributed by atoms with Gasteiger partial charge in [-0.1, -0.05) is 0 Å². The van der Waals surface area contributed by atoms with Crippen molar-refractivity contribution in [1.82, 2.24) is 4.90 Å². The quantitative estimate of drug-likeness (QED) is 0.798. The van der Waals surface area contributed by atoms with Gasteiger partial charge in [0.25, 0.3) is 11.3 Å². The van der Waals surface area contributed by atoms with Crippen molar-refractivity contribution in [3.8, 4) is 5.75 Å². The first kappa shape index (κ1) is 14.1. The van der Waals surface area contributed by atoms with Crippen LogP contribution >= 0.6 is 0 Å². The molecule has 1 saturated heterocycles. The van der Waals surface area contributed by atoms with Gasteiger partial charge in [-0.15, -0.1) is 0 Å². The van der Waals surface area contributed by atoms with E-state index in [0.717, 1.165) is 13.2 Å². The summed E-state index contributed by atoms with van der Waals surface area (Å²) in [6, 6.07) is 2.52. The minimum Gasteiger partial charge on any atom is -0.484 e. The van der Waals surface area contributed by atoms with E-state index in [1.54, 1.807) is 4.90 Å². The topological polar surface area (TPSA) is 41.8 Å². The highest BCUT2D eigenvalue weighted by Gasteiger charge is 2.50. The van der Waals surface area contributed by atoms with Crippen LogP contribution in [0.3, 0.4) is 0 Å². The van der Waals surface area contributed by atoms with Gasteiger partial charge < -0.3 is 4.74 Å². The molecule has 0 radical (unpaired) electrons. The molecule has 0 atom stereocenters. The monoisotopic (exact) mass is 303 g/mol. The molecule has 8 heteroatoms. The van der Waals surface area contributed by atoms with Crippen molar-refractivity contribution in [3.63, 3.8) is 0 Å². The molecule has 5 nitrogen and oxygen atoms in total. The number of halogens is 3. The number of benzene rings is 1. The molecule has 1 fully saturated rings. The molecular formula is C13H14F3N2O3+. The molecule has 1 aromatic carbocycles. The van der Waals surface area contributed by atoms with Crippen LogP contribution in [0.25, 0.3) is 0 Å². The standard InChI is InChI=1S/C13H14F3N2O3/c1-20-18(19)10-2-8-4-13(21-11(8)3-9(10)14)6-17(7-13)5-12(15)16/h2-3,12H,4-7H2,1H3/q+1. The number of alkyl halides is 2. The number of nitrogens with zero attached hydrogens (tertiary/aromatic N) is 2. The molecule has 0 aromatic heterocycles. The number of fused-ring (bicyclic) bond motifs is 1. The number of likely N-dealkylation sites (tertiary alicyclic amines) is 1. The Morgan fingerprint density at radius 3 is 2.81 bits per heavy atom. The molecule has 0 bridgehead atoms. The lowest BCUT2D eigenvalue weighted by Gasteiger charge is -2.46. The van der Waals surface area contributed by atoms with Gasteiger partial charge in [0, 0.05) is 37.2 Å². The number of rotatable bonds is 4. The third-order valence-corrected chi connectivity index (χ3v) is 3.75. The molecule has 21 heavy (non-hydrogen) atoms. The van der Waals surface area contributed by atoms with Crippen LogP contribution in [-0.2, 0) is 11.3 Å². The van der Waals surface area contributed by atoms with Crippen molar-refractivity contribution in [2.75, 3.05) is 26.7 Å². The third-order valence-electron chi connectivity index (χ3n) is 3.75. The van der Waals surface area contributed by atoms with Crippen molar-refractivity contribution in [1.29, 1.82) is 0 Å². The summed E-state index contributed by atoms with van der Waals surface area (Å²) in [5.41, 5.74) is -0.120. The number of ether oxygens (including phenoxy) is 1. The minimum atomic E-state index is -2.38. The van der Waals surface area contributed by atoms with E-state index in [2.05, 4.69) is 4.84 Å². The largest absolute Gasteiger partial charge is 0.484 e. The van der Waals surface area contributed by atoms with Gasteiger partial charge in [0.1, 0.15) is 11.4 Å². The van der Waals surface area contributed by atoms with Crippen LogP contribution in [0, 0.1) is 10.7 Å². The fourth-order valence-corrected chi connectivity index (χ4v) is 2.94. The molecule has 0 unspecified atom stereocenters. The van der Waals surface area contributed by atoms with Crippen molar-refractivity contribution >= 4 is 5.69 Å². The fraction of sp³-hybridized carbons (Fsp3) is 0.538. The zero-order valence-electron chi connectivity index (χ0n) is 11.3. The van der Waals surface area contributed by atoms with Crippen molar-refractivity contribution < 1.29 is 27.7 Å². The Bertz CT molecular complexity index is 588. The molecule has 2 heterocycles. The Morgan fingerprint density at radius 2 is 2.19 bits per heavy atom. The Morgan fingerprint density at radius 1 is 1.48 bits per heavy atom. The van der Waals surface area contributed by atoms with Crippen LogP contribution < -0.4 is 4.74 Å². The molecule has 0 amide bonds. The summed E-state index contributed by atoms with van der Waals surface area (Å²) < 4.78 is 44.1. The predicted octanol–water partition coefficient (Wildman–Crippen LogP) is 2.05. The zero-order chi connectivity index (χ0) is 15.2. The maximum absolute atomic E-state index is 13.8. The first-order chi connectivity index (χ1) is 9.92. The van der Waals surface area contributed by atoms with Gasteiger partial charge in [-0.2, -0.15) is 4.39 Å². The lowest BCUT2D eigenvalue weighted by molar-refractivity contribution is -0.737. The van der Waals surface area contributed by atoms with Crippen molar-refractivity contribution in [3.05, 3.63) is 28.4 Å². The summed E-state index contributed by atoms with van der Waals surface area (Å²) in [5, 5.41) is 0. The van der Waals surface area contributed by atoms with Crippen LogP contribution in [0.2, 0.25) is 0 Å². The summed E-state index contributed by atoms with van der Waals surface area (Å²) in [4.78, 5) is 17.5. The summed E-state index contributed by atoms with van der Waals surface area (Å²) in [6.07, 6.45) is -1.92. The molecular weight excluding hydrogens is 289 g/mol. The zero-order valence-corrected chi connectivity index (χ0v) is 11.3. The van der Waals surface area contributed by atoms with E-state index in [1.807, 2.05) is 0 Å². The average Bonchev–Trinajstić information content (AvgIpc) is 2.73. The highest BCUT2D eigenvalue weighted by atomic mass is 19.3. The molecule has 0 saturated carbocycles. The van der Waals surface area contributed by atoms with Gasteiger partial charge in [-0.05, 0) is 0 Å². The van der Waals surface area contributed by atoms with E-state index >= 15 is 0 Å². The first-order valence-electron chi connectivity index (χ1n) is 6.46. The Hall–Kier alpha value is -1.83. The highest BCUT2D eigenvalue weighted by molar-refractivity contribution is 5.49. The summed E-state index contributed by atoms with van der Waals surface area (Å²) in [6.45, 7) is 0.446. The Labute approximate surface area is 118 Å². The second-order valence-electron chi connectivity index (χ2n) is 5.37. The van der Waals surface area contributed by atoms with Crippen LogP contribution in [-0.4, -0.2) is 48.6 Å². The molecule has 1 spiro atoms. The van der Waals surface area contributed by atoms with E-state index in [4.69, 9.17) is 4.74 Å². The van der Waals surface area contributed by atoms with Gasteiger partial charge in [-0.3, -0.25) is 4.90 Å². The maximum atomic E-state index is 13.8. The molecule has 0 aliphatic carbocycles. The van der Waals surface area contributed by atoms with Crippen LogP contribution in [0.1, 0.15) is 5.56 Å². The van der Waals surface area contributed by atoms with Gasteiger partial charge in [-0.25, -0.2) is 13.6 Å². The van der Waals surface area contributed by atoms with E-state index in [0.29, 0.717) is 30.8 Å². The van der Waals surface area contributed by atoms with Crippen LogP contribution in [0.4, 0.5) is 18.9 Å². The van der Waals surface area contributed by atoms with E-state index < -0.39 is 17.8 Å². The Balaban J connectivity index is 1.75. The SMILES string of the molecule is CO[N+](=O)c1cc2c(cc1F)OC1(C2)CN(CC(F)F)C1. The number of hydrogen-bond acceptors (Lipinski definition) is 4. The van der Waals surface area contributed by atoms with E-state index in [1.165, 1.54) is 6.07 Å². The normalized spacial score (nSPS) is 19.3. The fourth-order valence-electron chi connectivity index (χ4n) is 2.94. The molecule has 114 valence electrons. The van der Waals surface area contributed by atoms with Gasteiger partial charge in [0.2, 0.25) is 5.82 Å². The highest BCUT2D eigenvalue weighted by Crippen LogP contribution is 2.42. The first-order valence-corrected chi connectivity index (χ1v) is 6.46. The van der Waals surface area contributed by atoms with Gasteiger partial charge in [0.05, 0.1) is 11.5 Å². The second-order valence-corrected chi connectivity index (χ2v) is 5.37. The molecule has 3 rings (SSSR count). The average molecular weight is 303 g/mol. The summed E-state index contributed by atoms with van der Waals surface area (Å²) >= 11 is 0. The van der Waals surface area contributed by atoms with Gasteiger partial charge >= 0.3 is 5.69 Å². The van der Waals surface area contributed by atoms with E-state index in [9.17, 15) is 18.1 Å². The second kappa shape index (κ2) is 4.87. The Kier molecular flexibility index (Phi) is 3.27. The summed E-state index contributed by atoms with van der Waals surface area (Å²) in [5.74, 6) is -0.385. The van der Waals surface area contributed by atoms with Crippen molar-refractivity contribution in [2.45, 2.75) is 18.4 Å². The van der Waals surface area contributed by atoms with Crippen LogP contribution in [0.5, 0.6) is 5.75 Å². The van der Waals surface area contributed by atoms with Crippen molar-refractivity contribution in [2.24, 2.45) is 0 Å².